The van der Waals surface area contributed by atoms with Crippen LogP contribution in [0, 0.1) is 12.3 Å². The van der Waals surface area contributed by atoms with E-state index < -0.39 is 0 Å². The van der Waals surface area contributed by atoms with Gasteiger partial charge in [-0.3, -0.25) is 4.98 Å². The van der Waals surface area contributed by atoms with E-state index in [4.69, 9.17) is 0 Å². The molecule has 1 saturated carbocycles. The van der Waals surface area contributed by atoms with Crippen molar-refractivity contribution in [3.05, 3.63) is 23.5 Å². The number of aromatic nitrogens is 1. The maximum absolute atomic E-state index is 9.71. The van der Waals surface area contributed by atoms with Crippen molar-refractivity contribution in [3.63, 3.8) is 0 Å². The summed E-state index contributed by atoms with van der Waals surface area (Å²) in [6, 6.07) is 4.11. The van der Waals surface area contributed by atoms with E-state index in [0.29, 0.717) is 23.8 Å². The molecule has 1 aromatic rings. The normalized spacial score (nSPS) is 22.9. The van der Waals surface area contributed by atoms with Crippen molar-refractivity contribution in [1.82, 2.24) is 10.3 Å². The summed E-state index contributed by atoms with van der Waals surface area (Å²) in [5.74, 6) is 0.292. The van der Waals surface area contributed by atoms with Crippen LogP contribution in [0.3, 0.4) is 0 Å². The molecule has 0 radical (unpaired) electrons. The molecule has 3 heteroatoms. The maximum atomic E-state index is 9.71. The van der Waals surface area contributed by atoms with Crippen LogP contribution in [0.1, 0.15) is 44.5 Å². The number of aromatic hydroxyl groups is 1. The van der Waals surface area contributed by atoms with Crippen LogP contribution >= 0.6 is 0 Å². The fourth-order valence-corrected chi connectivity index (χ4v) is 2.58. The van der Waals surface area contributed by atoms with E-state index in [1.165, 1.54) is 19.3 Å². The van der Waals surface area contributed by atoms with Crippen LogP contribution < -0.4 is 5.32 Å². The highest BCUT2D eigenvalue weighted by molar-refractivity contribution is 5.27. The molecule has 2 N–H and O–H groups in total. The third kappa shape index (κ3) is 3.19. The number of aryl methyl sites for hydroxylation is 1. The zero-order chi connectivity index (χ0) is 12.5. The molecule has 1 aromatic heterocycles. The monoisotopic (exact) mass is 234 g/mol. The van der Waals surface area contributed by atoms with Crippen molar-refractivity contribution >= 4 is 0 Å². The van der Waals surface area contributed by atoms with Gasteiger partial charge >= 0.3 is 0 Å². The van der Waals surface area contributed by atoms with Crippen LogP contribution in [0.2, 0.25) is 0 Å². The van der Waals surface area contributed by atoms with E-state index in [-0.39, 0.29) is 0 Å². The molecule has 2 rings (SSSR count). The highest BCUT2D eigenvalue weighted by atomic mass is 16.3. The van der Waals surface area contributed by atoms with Crippen LogP contribution in [-0.4, -0.2) is 16.1 Å². The van der Waals surface area contributed by atoms with Crippen molar-refractivity contribution in [1.29, 1.82) is 0 Å². The quantitative estimate of drug-likeness (QED) is 0.845. The van der Waals surface area contributed by atoms with Gasteiger partial charge in [-0.15, -0.1) is 0 Å². The minimum absolute atomic E-state index is 0.292. The summed E-state index contributed by atoms with van der Waals surface area (Å²) < 4.78 is 0. The fourth-order valence-electron chi connectivity index (χ4n) is 2.58. The third-order valence-corrected chi connectivity index (χ3v) is 3.62. The minimum Gasteiger partial charge on any atom is -0.506 e. The Morgan fingerprint density at radius 1 is 1.47 bits per heavy atom. The van der Waals surface area contributed by atoms with Crippen LogP contribution in [0.5, 0.6) is 5.75 Å². The van der Waals surface area contributed by atoms with Gasteiger partial charge in [-0.25, -0.2) is 0 Å². The van der Waals surface area contributed by atoms with E-state index in [1.807, 2.05) is 13.0 Å². The molecule has 3 nitrogen and oxygen atoms in total. The van der Waals surface area contributed by atoms with E-state index in [1.54, 1.807) is 6.07 Å². The summed E-state index contributed by atoms with van der Waals surface area (Å²) in [7, 11) is 0. The van der Waals surface area contributed by atoms with Crippen LogP contribution in [0.25, 0.3) is 0 Å². The molecule has 0 amide bonds. The Bertz CT molecular complexity index is 401. The highest BCUT2D eigenvalue weighted by Crippen LogP contribution is 2.37. The van der Waals surface area contributed by atoms with Gasteiger partial charge in [0.1, 0.15) is 5.75 Å². The molecule has 0 bridgehead atoms. The summed E-state index contributed by atoms with van der Waals surface area (Å²) in [6.07, 6.45) is 3.71. The molecule has 1 fully saturated rings. The number of pyridine rings is 1. The van der Waals surface area contributed by atoms with Crippen LogP contribution in [0.4, 0.5) is 0 Å². The molecule has 1 aliphatic rings. The largest absolute Gasteiger partial charge is 0.506 e. The van der Waals surface area contributed by atoms with Gasteiger partial charge in [0.15, 0.2) is 0 Å². The topological polar surface area (TPSA) is 45.1 Å². The van der Waals surface area contributed by atoms with Crippen LogP contribution in [0.15, 0.2) is 12.1 Å². The number of nitrogens with one attached hydrogen (secondary N) is 1. The molecule has 1 aliphatic carbocycles. The van der Waals surface area contributed by atoms with Gasteiger partial charge < -0.3 is 10.4 Å². The van der Waals surface area contributed by atoms with Gasteiger partial charge in [0.2, 0.25) is 0 Å². The Morgan fingerprint density at radius 2 is 2.24 bits per heavy atom. The first kappa shape index (κ1) is 12.4. The molecule has 0 saturated heterocycles. The lowest BCUT2D eigenvalue weighted by atomic mass is 9.92. The van der Waals surface area contributed by atoms with Crippen molar-refractivity contribution in [2.45, 2.75) is 52.6 Å². The molecular formula is C14H22N2O. The third-order valence-electron chi connectivity index (χ3n) is 3.62. The first-order chi connectivity index (χ1) is 7.96. The lowest BCUT2D eigenvalue weighted by molar-refractivity contribution is 0.363. The summed E-state index contributed by atoms with van der Waals surface area (Å²) >= 11 is 0. The predicted octanol–water partition coefficient (Wildman–Crippen LogP) is 2.76. The molecule has 1 heterocycles. The fraction of sp³-hybridized carbons (Fsp3) is 0.643. The van der Waals surface area contributed by atoms with E-state index in [2.05, 4.69) is 24.1 Å². The molecule has 1 atom stereocenters. The lowest BCUT2D eigenvalue weighted by Gasteiger charge is -2.18. The first-order valence-electron chi connectivity index (χ1n) is 6.35. The van der Waals surface area contributed by atoms with Gasteiger partial charge in [-0.1, -0.05) is 13.8 Å². The predicted molar refractivity (Wildman–Crippen MR) is 68.9 cm³/mol. The Hall–Kier alpha value is -1.09. The zero-order valence-electron chi connectivity index (χ0n) is 11.0. The average molecular weight is 234 g/mol. The average Bonchev–Trinajstić information content (AvgIpc) is 2.60. The number of hydrogen-bond donors (Lipinski definition) is 2. The first-order valence-corrected chi connectivity index (χ1v) is 6.35. The van der Waals surface area contributed by atoms with Gasteiger partial charge in [-0.05, 0) is 43.7 Å². The second-order valence-electron chi connectivity index (χ2n) is 5.90. The lowest BCUT2D eigenvalue weighted by Crippen LogP contribution is -2.27. The van der Waals surface area contributed by atoms with E-state index in [9.17, 15) is 5.11 Å². The van der Waals surface area contributed by atoms with E-state index in [0.717, 1.165) is 11.4 Å². The highest BCUT2D eigenvalue weighted by Gasteiger charge is 2.30. The molecule has 0 aromatic carbocycles. The van der Waals surface area contributed by atoms with Gasteiger partial charge in [-0.2, -0.15) is 0 Å². The number of rotatable bonds is 3. The zero-order valence-corrected chi connectivity index (χ0v) is 11.0. The number of hydrogen-bond acceptors (Lipinski definition) is 3. The van der Waals surface area contributed by atoms with Crippen LogP contribution in [-0.2, 0) is 6.54 Å². The summed E-state index contributed by atoms with van der Waals surface area (Å²) in [5, 5.41) is 13.2. The smallest absolute Gasteiger partial charge is 0.138 e. The Kier molecular flexibility index (Phi) is 3.38. The van der Waals surface area contributed by atoms with Crippen molar-refractivity contribution in [3.8, 4) is 5.75 Å². The number of nitrogens with zero attached hydrogens (tertiary/aromatic N) is 1. The maximum Gasteiger partial charge on any atom is 0.138 e. The van der Waals surface area contributed by atoms with Gasteiger partial charge in [0.05, 0.1) is 5.69 Å². The summed E-state index contributed by atoms with van der Waals surface area (Å²) in [4.78, 5) is 4.36. The van der Waals surface area contributed by atoms with Gasteiger partial charge in [0.25, 0.3) is 0 Å². The van der Waals surface area contributed by atoms with Crippen molar-refractivity contribution < 1.29 is 5.11 Å². The second kappa shape index (κ2) is 4.65. The molecular weight excluding hydrogens is 212 g/mol. The second-order valence-corrected chi connectivity index (χ2v) is 5.90. The van der Waals surface area contributed by atoms with Crippen molar-refractivity contribution in [2.75, 3.05) is 0 Å². The summed E-state index contributed by atoms with van der Waals surface area (Å²) in [5.41, 5.74) is 2.17. The molecule has 0 aliphatic heterocycles. The molecule has 0 spiro atoms. The summed E-state index contributed by atoms with van der Waals surface area (Å²) in [6.45, 7) is 7.24. The minimum atomic E-state index is 0.292. The molecule has 1 unspecified atom stereocenters. The Labute approximate surface area is 103 Å². The SMILES string of the molecule is Cc1ccc(O)c(CNC2CCC(C)(C)C2)n1. The molecule has 17 heavy (non-hydrogen) atoms. The Morgan fingerprint density at radius 3 is 2.88 bits per heavy atom. The standard InChI is InChI=1S/C14H22N2O/c1-10-4-5-13(17)12(16-10)9-15-11-6-7-14(2,3)8-11/h4-5,11,15,17H,6-9H2,1-3H3. The Balaban J connectivity index is 1.92. The van der Waals surface area contributed by atoms with Gasteiger partial charge in [0, 0.05) is 18.3 Å². The van der Waals surface area contributed by atoms with Crippen molar-refractivity contribution in [2.24, 2.45) is 5.41 Å². The van der Waals surface area contributed by atoms with E-state index >= 15 is 0 Å². The molecule has 94 valence electrons.